The van der Waals surface area contributed by atoms with Crippen LogP contribution < -0.4 is 0 Å². The van der Waals surface area contributed by atoms with Crippen LogP contribution in [-0.2, 0) is 0 Å². The first kappa shape index (κ1) is 9.07. The monoisotopic (exact) mass is 204 g/mol. The molecule has 0 spiro atoms. The highest BCUT2D eigenvalue weighted by Gasteiger charge is 2.63. The van der Waals surface area contributed by atoms with Crippen LogP contribution in [0.4, 0.5) is 0 Å². The van der Waals surface area contributed by atoms with Crippen molar-refractivity contribution in [3.8, 4) is 0 Å². The maximum atomic E-state index is 2.57. The SMILES string of the molecule is CCC1C(C)C2CC1C1C3CCC(C3)C21. The molecule has 0 nitrogen and oxygen atoms in total. The van der Waals surface area contributed by atoms with Crippen molar-refractivity contribution in [2.45, 2.75) is 46.0 Å². The molecule has 4 aliphatic carbocycles. The molecule has 15 heavy (non-hydrogen) atoms. The Morgan fingerprint density at radius 3 is 2.27 bits per heavy atom. The lowest BCUT2D eigenvalue weighted by Crippen LogP contribution is -2.36. The van der Waals surface area contributed by atoms with Crippen molar-refractivity contribution in [3.63, 3.8) is 0 Å². The van der Waals surface area contributed by atoms with Gasteiger partial charge in [-0.3, -0.25) is 0 Å². The van der Waals surface area contributed by atoms with E-state index in [4.69, 9.17) is 0 Å². The highest BCUT2D eigenvalue weighted by molar-refractivity contribution is 5.12. The summed E-state index contributed by atoms with van der Waals surface area (Å²) in [7, 11) is 0. The topological polar surface area (TPSA) is 0 Å². The van der Waals surface area contributed by atoms with Crippen LogP contribution in [0, 0.1) is 47.3 Å². The van der Waals surface area contributed by atoms with Gasteiger partial charge in [0.25, 0.3) is 0 Å². The highest BCUT2D eigenvalue weighted by atomic mass is 14.7. The first-order valence-corrected chi connectivity index (χ1v) is 7.31. The Labute approximate surface area is 93.8 Å². The predicted molar refractivity (Wildman–Crippen MR) is 62.4 cm³/mol. The summed E-state index contributed by atoms with van der Waals surface area (Å²) < 4.78 is 0. The van der Waals surface area contributed by atoms with E-state index in [1.807, 2.05) is 0 Å². The van der Waals surface area contributed by atoms with E-state index in [0.29, 0.717) is 0 Å². The van der Waals surface area contributed by atoms with Gasteiger partial charge in [0.05, 0.1) is 0 Å². The quantitative estimate of drug-likeness (QED) is 0.567. The van der Waals surface area contributed by atoms with Crippen molar-refractivity contribution in [3.05, 3.63) is 0 Å². The van der Waals surface area contributed by atoms with E-state index in [1.54, 1.807) is 25.7 Å². The van der Waals surface area contributed by atoms with Gasteiger partial charge in [-0.2, -0.15) is 0 Å². The van der Waals surface area contributed by atoms with E-state index >= 15 is 0 Å². The molecule has 0 amide bonds. The molecule has 0 aliphatic heterocycles. The van der Waals surface area contributed by atoms with Crippen molar-refractivity contribution >= 4 is 0 Å². The molecule has 4 bridgehead atoms. The van der Waals surface area contributed by atoms with Gasteiger partial charge in [0, 0.05) is 0 Å². The zero-order chi connectivity index (χ0) is 10.2. The van der Waals surface area contributed by atoms with Crippen molar-refractivity contribution < 1.29 is 0 Å². The fourth-order valence-corrected chi connectivity index (χ4v) is 6.69. The van der Waals surface area contributed by atoms with Crippen molar-refractivity contribution in [1.29, 1.82) is 0 Å². The maximum absolute atomic E-state index is 2.57. The van der Waals surface area contributed by atoms with E-state index in [9.17, 15) is 0 Å². The maximum Gasteiger partial charge on any atom is -0.0321 e. The molecule has 4 fully saturated rings. The smallest absolute Gasteiger partial charge is 0.0321 e. The second-order valence-electron chi connectivity index (χ2n) is 6.98. The Morgan fingerprint density at radius 1 is 0.933 bits per heavy atom. The minimum atomic E-state index is 1.07. The normalized spacial score (nSPS) is 65.2. The third-order valence-corrected chi connectivity index (χ3v) is 6.95. The van der Waals surface area contributed by atoms with E-state index in [0.717, 1.165) is 23.7 Å². The standard InChI is InChI=1S/C15H24/c1-3-11-8(2)12-7-13(11)15-10-5-4-9(6-10)14(12)15/h8-15H,3-7H2,1-2H3. The van der Waals surface area contributed by atoms with Crippen molar-refractivity contribution in [2.24, 2.45) is 47.3 Å². The van der Waals surface area contributed by atoms with Gasteiger partial charge in [0.2, 0.25) is 0 Å². The minimum absolute atomic E-state index is 1.07. The summed E-state index contributed by atoms with van der Waals surface area (Å²) in [5.41, 5.74) is 0. The molecule has 0 saturated heterocycles. The van der Waals surface area contributed by atoms with Gasteiger partial charge in [-0.1, -0.05) is 20.3 Å². The summed E-state index contributed by atoms with van der Waals surface area (Å²) in [5, 5.41) is 0. The third-order valence-electron chi connectivity index (χ3n) is 6.95. The first-order valence-electron chi connectivity index (χ1n) is 7.31. The Bertz CT molecular complexity index is 282. The molecule has 0 aromatic carbocycles. The summed E-state index contributed by atoms with van der Waals surface area (Å²) >= 11 is 0. The van der Waals surface area contributed by atoms with Crippen LogP contribution in [0.2, 0.25) is 0 Å². The summed E-state index contributed by atoms with van der Waals surface area (Å²) in [5.74, 6) is 9.25. The summed E-state index contributed by atoms with van der Waals surface area (Å²) in [6.07, 6.45) is 7.91. The molecule has 84 valence electrons. The van der Waals surface area contributed by atoms with Crippen molar-refractivity contribution in [1.82, 2.24) is 0 Å². The predicted octanol–water partition coefficient (Wildman–Crippen LogP) is 3.96. The van der Waals surface area contributed by atoms with Crippen LogP contribution in [-0.4, -0.2) is 0 Å². The number of fused-ring (bicyclic) bond motifs is 9. The summed E-state index contributed by atoms with van der Waals surface area (Å²) in [6, 6.07) is 0. The molecule has 4 aliphatic rings. The van der Waals surface area contributed by atoms with E-state index in [-0.39, 0.29) is 0 Å². The fourth-order valence-electron chi connectivity index (χ4n) is 6.69. The molecule has 4 saturated carbocycles. The molecular weight excluding hydrogens is 180 g/mol. The zero-order valence-electron chi connectivity index (χ0n) is 10.2. The van der Waals surface area contributed by atoms with Crippen molar-refractivity contribution in [2.75, 3.05) is 0 Å². The third kappa shape index (κ3) is 0.913. The second kappa shape index (κ2) is 2.81. The zero-order valence-corrected chi connectivity index (χ0v) is 10.2. The Kier molecular flexibility index (Phi) is 1.70. The van der Waals surface area contributed by atoms with Crippen LogP contribution >= 0.6 is 0 Å². The van der Waals surface area contributed by atoms with E-state index in [2.05, 4.69) is 13.8 Å². The average Bonchev–Trinajstić information content (AvgIpc) is 2.94. The Morgan fingerprint density at radius 2 is 1.60 bits per heavy atom. The number of rotatable bonds is 1. The molecule has 0 radical (unpaired) electrons. The molecule has 0 N–H and O–H groups in total. The summed E-state index contributed by atoms with van der Waals surface area (Å²) in [4.78, 5) is 0. The summed E-state index contributed by atoms with van der Waals surface area (Å²) in [6.45, 7) is 5.01. The van der Waals surface area contributed by atoms with Crippen LogP contribution in [0.3, 0.4) is 0 Å². The number of hydrogen-bond acceptors (Lipinski definition) is 0. The van der Waals surface area contributed by atoms with Crippen LogP contribution in [0.5, 0.6) is 0 Å². The van der Waals surface area contributed by atoms with Gasteiger partial charge in [0.1, 0.15) is 0 Å². The lowest BCUT2D eigenvalue weighted by Gasteiger charge is -2.42. The molecule has 0 heteroatoms. The molecular formula is C15H24. The molecule has 4 rings (SSSR count). The van der Waals surface area contributed by atoms with Gasteiger partial charge in [0.15, 0.2) is 0 Å². The van der Waals surface area contributed by atoms with E-state index < -0.39 is 0 Å². The van der Waals surface area contributed by atoms with Crippen LogP contribution in [0.15, 0.2) is 0 Å². The number of hydrogen-bond donors (Lipinski definition) is 0. The van der Waals surface area contributed by atoms with Gasteiger partial charge in [-0.15, -0.1) is 0 Å². The molecule has 0 aromatic rings. The van der Waals surface area contributed by atoms with Crippen LogP contribution in [0.1, 0.15) is 46.0 Å². The average molecular weight is 204 g/mol. The van der Waals surface area contributed by atoms with Gasteiger partial charge < -0.3 is 0 Å². The highest BCUT2D eigenvalue weighted by Crippen LogP contribution is 2.70. The Hall–Kier alpha value is 0. The van der Waals surface area contributed by atoms with Gasteiger partial charge in [-0.05, 0) is 73.0 Å². The second-order valence-corrected chi connectivity index (χ2v) is 6.98. The van der Waals surface area contributed by atoms with E-state index in [1.165, 1.54) is 30.1 Å². The lowest BCUT2D eigenvalue weighted by atomic mass is 9.63. The fraction of sp³-hybridized carbons (Fsp3) is 1.00. The molecule has 0 heterocycles. The minimum Gasteiger partial charge on any atom is -0.0651 e. The lowest BCUT2D eigenvalue weighted by molar-refractivity contribution is 0.0618. The Balaban J connectivity index is 1.70. The molecule has 0 aromatic heterocycles. The molecule has 8 unspecified atom stereocenters. The first-order chi connectivity index (χ1) is 7.31. The van der Waals surface area contributed by atoms with Gasteiger partial charge in [-0.25, -0.2) is 0 Å². The molecule has 8 atom stereocenters. The van der Waals surface area contributed by atoms with Crippen LogP contribution in [0.25, 0.3) is 0 Å². The van der Waals surface area contributed by atoms with Gasteiger partial charge >= 0.3 is 0 Å². The largest absolute Gasteiger partial charge is 0.0651 e.